The van der Waals surface area contributed by atoms with Gasteiger partial charge in [-0.15, -0.1) is 11.3 Å². The molecule has 5 N–H and O–H groups in total. The van der Waals surface area contributed by atoms with E-state index < -0.39 is 24.2 Å². The zero-order chi connectivity index (χ0) is 26.7. The predicted octanol–water partition coefficient (Wildman–Crippen LogP) is 4.48. The van der Waals surface area contributed by atoms with Gasteiger partial charge in [0.2, 0.25) is 0 Å². The fourth-order valence-electron chi connectivity index (χ4n) is 3.25. The van der Waals surface area contributed by atoms with Crippen LogP contribution >= 0.6 is 11.3 Å². The van der Waals surface area contributed by atoms with Crippen molar-refractivity contribution in [2.75, 3.05) is 6.54 Å². The Kier molecular flexibility index (Phi) is 10.6. The fourth-order valence-corrected chi connectivity index (χ4v) is 4.32. The lowest BCUT2D eigenvalue weighted by molar-refractivity contribution is -0.192. The van der Waals surface area contributed by atoms with E-state index in [-0.39, 0.29) is 11.8 Å². The Morgan fingerprint density at radius 1 is 0.889 bits per heavy atom. The molecule has 0 unspecified atom stereocenters. The highest BCUT2D eigenvalue weighted by molar-refractivity contribution is 7.14. The van der Waals surface area contributed by atoms with Gasteiger partial charge in [0.15, 0.2) is 0 Å². The van der Waals surface area contributed by atoms with Gasteiger partial charge >= 0.3 is 18.1 Å². The summed E-state index contributed by atoms with van der Waals surface area (Å²) in [6, 6.07) is 23.0. The zero-order valence-electron chi connectivity index (χ0n) is 18.9. The number of carbonyl (C=O) groups is 3. The summed E-state index contributed by atoms with van der Waals surface area (Å²) in [5.74, 6) is -4.16. The Hall–Kier alpha value is -3.70. The average molecular weight is 523 g/mol. The van der Waals surface area contributed by atoms with E-state index in [0.717, 1.165) is 16.0 Å². The van der Waals surface area contributed by atoms with Gasteiger partial charge in [-0.25, -0.2) is 9.59 Å². The van der Waals surface area contributed by atoms with Gasteiger partial charge in [-0.3, -0.25) is 4.79 Å². The molecule has 1 heterocycles. The minimum Gasteiger partial charge on any atom is -0.480 e. The summed E-state index contributed by atoms with van der Waals surface area (Å²) in [5.41, 5.74) is 7.74. The first kappa shape index (κ1) is 28.5. The van der Waals surface area contributed by atoms with E-state index in [0.29, 0.717) is 24.3 Å². The summed E-state index contributed by atoms with van der Waals surface area (Å²) < 4.78 is 31.7. The molecule has 7 nitrogen and oxygen atoms in total. The molecular weight excluding hydrogens is 497 g/mol. The number of carboxylic acid groups (broad SMARTS) is 2. The van der Waals surface area contributed by atoms with Crippen molar-refractivity contribution in [1.29, 1.82) is 0 Å². The maximum atomic E-state index is 12.6. The van der Waals surface area contributed by atoms with Crippen molar-refractivity contribution in [3.05, 3.63) is 93.7 Å². The largest absolute Gasteiger partial charge is 0.490 e. The second kappa shape index (κ2) is 13.4. The third-order valence-corrected chi connectivity index (χ3v) is 6.09. The van der Waals surface area contributed by atoms with Crippen molar-refractivity contribution in [3.63, 3.8) is 0 Å². The minimum atomic E-state index is -5.08. The molecule has 2 aromatic carbocycles. The molecule has 0 aliphatic heterocycles. The van der Waals surface area contributed by atoms with E-state index in [1.54, 1.807) is 6.07 Å². The van der Waals surface area contributed by atoms with E-state index in [2.05, 4.69) is 29.6 Å². The number of hydrogen-bond donors (Lipinski definition) is 4. The van der Waals surface area contributed by atoms with Crippen molar-refractivity contribution >= 4 is 29.2 Å². The first-order valence-electron chi connectivity index (χ1n) is 10.8. The third-order valence-electron chi connectivity index (χ3n) is 4.94. The molecule has 0 aliphatic rings. The van der Waals surface area contributed by atoms with Gasteiger partial charge < -0.3 is 21.3 Å². The first-order chi connectivity index (χ1) is 17.0. The summed E-state index contributed by atoms with van der Waals surface area (Å²) in [4.78, 5) is 34.5. The van der Waals surface area contributed by atoms with Crippen LogP contribution in [0.1, 0.15) is 44.4 Å². The van der Waals surface area contributed by atoms with Crippen LogP contribution in [0, 0.1) is 0 Å². The molecule has 0 bridgehead atoms. The predicted molar refractivity (Wildman–Crippen MR) is 129 cm³/mol. The Bertz CT molecular complexity index is 1100. The Morgan fingerprint density at radius 2 is 1.39 bits per heavy atom. The summed E-state index contributed by atoms with van der Waals surface area (Å²) in [7, 11) is 0. The molecule has 192 valence electrons. The minimum absolute atomic E-state index is 0.0106. The van der Waals surface area contributed by atoms with Crippen LogP contribution in [0.4, 0.5) is 13.2 Å². The van der Waals surface area contributed by atoms with Crippen LogP contribution in [-0.2, 0) is 9.59 Å². The molecule has 11 heteroatoms. The van der Waals surface area contributed by atoms with Crippen LogP contribution in [0.3, 0.4) is 0 Å². The van der Waals surface area contributed by atoms with Crippen LogP contribution in [0.5, 0.6) is 0 Å². The number of amides is 1. The summed E-state index contributed by atoms with van der Waals surface area (Å²) in [5, 5.41) is 19.1. The van der Waals surface area contributed by atoms with Gasteiger partial charge in [0.1, 0.15) is 6.04 Å². The van der Waals surface area contributed by atoms with Gasteiger partial charge in [-0.05, 0) is 42.6 Å². The number of nitrogens with one attached hydrogen (secondary N) is 1. The van der Waals surface area contributed by atoms with Gasteiger partial charge in [0.05, 0.1) is 4.88 Å². The van der Waals surface area contributed by atoms with Gasteiger partial charge in [0.25, 0.3) is 5.91 Å². The number of aliphatic carboxylic acids is 2. The number of thiophene rings is 1. The molecule has 0 fully saturated rings. The third kappa shape index (κ3) is 8.51. The maximum Gasteiger partial charge on any atom is 0.490 e. The quantitative estimate of drug-likeness (QED) is 0.328. The van der Waals surface area contributed by atoms with Crippen molar-refractivity contribution in [1.82, 2.24) is 5.32 Å². The number of carbonyl (C=O) groups excluding carboxylic acids is 1. The molecule has 3 rings (SSSR count). The zero-order valence-corrected chi connectivity index (χ0v) is 19.8. The smallest absolute Gasteiger partial charge is 0.480 e. The van der Waals surface area contributed by atoms with Crippen molar-refractivity contribution in [2.24, 2.45) is 5.73 Å². The average Bonchev–Trinajstić information content (AvgIpc) is 3.32. The summed E-state index contributed by atoms with van der Waals surface area (Å²) >= 11 is 1.39. The van der Waals surface area contributed by atoms with Crippen molar-refractivity contribution in [3.8, 4) is 0 Å². The number of nitrogens with two attached hydrogens (primary N) is 1. The lowest BCUT2D eigenvalue weighted by atomic mass is 9.90. The normalized spacial score (nSPS) is 11.8. The first-order valence-corrected chi connectivity index (χ1v) is 11.6. The summed E-state index contributed by atoms with van der Waals surface area (Å²) in [6.07, 6.45) is -4.23. The van der Waals surface area contributed by atoms with E-state index in [1.165, 1.54) is 11.3 Å². The number of halogens is 3. The second-order valence-corrected chi connectivity index (χ2v) is 8.67. The van der Waals surface area contributed by atoms with E-state index in [1.807, 2.05) is 42.5 Å². The number of carboxylic acids is 2. The monoisotopic (exact) mass is 522 g/mol. The molecule has 0 saturated carbocycles. The Balaban J connectivity index is 0.000000572. The highest BCUT2D eigenvalue weighted by atomic mass is 32.1. The lowest BCUT2D eigenvalue weighted by Crippen LogP contribution is -2.40. The van der Waals surface area contributed by atoms with Crippen molar-refractivity contribution in [2.45, 2.75) is 31.0 Å². The molecule has 0 saturated heterocycles. The van der Waals surface area contributed by atoms with Gasteiger partial charge in [0, 0.05) is 10.8 Å². The van der Waals surface area contributed by atoms with Crippen LogP contribution in [0.25, 0.3) is 0 Å². The van der Waals surface area contributed by atoms with E-state index in [4.69, 9.17) is 15.6 Å². The van der Waals surface area contributed by atoms with Crippen LogP contribution in [0.15, 0.2) is 72.8 Å². The second-order valence-electron chi connectivity index (χ2n) is 7.55. The fraction of sp³-hybridized carbons (Fsp3) is 0.240. The molecule has 1 aromatic heterocycles. The number of alkyl halides is 3. The molecule has 0 radical (unpaired) electrons. The topological polar surface area (TPSA) is 130 Å². The SMILES string of the molecule is NCCC[C@H](NC(=O)c1ccc(C(c2ccccc2)c2ccccc2)s1)C(=O)O.O=C(O)C(F)(F)F. The number of rotatable bonds is 9. The van der Waals surface area contributed by atoms with E-state index >= 15 is 0 Å². The highest BCUT2D eigenvalue weighted by Crippen LogP contribution is 2.36. The standard InChI is InChI=1S/C23H24N2O3S.C2HF3O2/c24-15-7-12-18(23(27)28)25-22(26)20-14-13-19(29-20)21(16-8-3-1-4-9-16)17-10-5-2-6-11-17;3-2(4,5)1(6)7/h1-6,8-11,13-14,18,21H,7,12,15,24H2,(H,25,26)(H,27,28);(H,6,7)/t18-;/m0./s1. The van der Waals surface area contributed by atoms with Crippen LogP contribution < -0.4 is 11.1 Å². The van der Waals surface area contributed by atoms with Crippen LogP contribution in [0.2, 0.25) is 0 Å². The summed E-state index contributed by atoms with van der Waals surface area (Å²) in [6.45, 7) is 0.388. The molecule has 0 spiro atoms. The van der Waals surface area contributed by atoms with Gasteiger partial charge in [-0.1, -0.05) is 60.7 Å². The molecule has 0 aliphatic carbocycles. The van der Waals surface area contributed by atoms with E-state index in [9.17, 15) is 27.9 Å². The maximum absolute atomic E-state index is 12.6. The lowest BCUT2D eigenvalue weighted by Gasteiger charge is -2.17. The van der Waals surface area contributed by atoms with Crippen molar-refractivity contribution < 1.29 is 37.8 Å². The molecule has 1 amide bonds. The molecule has 1 atom stereocenters. The molecule has 36 heavy (non-hydrogen) atoms. The van der Waals surface area contributed by atoms with Gasteiger partial charge in [-0.2, -0.15) is 13.2 Å². The molecule has 3 aromatic rings. The molecular formula is C25H25F3N2O5S. The Morgan fingerprint density at radius 3 is 1.81 bits per heavy atom. The number of hydrogen-bond acceptors (Lipinski definition) is 5. The Labute approximate surface area is 209 Å². The number of benzene rings is 2. The highest BCUT2D eigenvalue weighted by Gasteiger charge is 2.38. The van der Waals surface area contributed by atoms with Crippen LogP contribution in [-0.4, -0.2) is 46.8 Å².